The average Bonchev–Trinajstić information content (AvgIpc) is 1.99. The van der Waals surface area contributed by atoms with E-state index < -0.39 is 10.8 Å². The van der Waals surface area contributed by atoms with Gasteiger partial charge in [0, 0.05) is 41.5 Å². The lowest BCUT2D eigenvalue weighted by Crippen LogP contribution is -2.47. The van der Waals surface area contributed by atoms with Crippen molar-refractivity contribution in [2.45, 2.75) is 51.3 Å². The van der Waals surface area contributed by atoms with Crippen molar-refractivity contribution in [2.75, 3.05) is 18.6 Å². The van der Waals surface area contributed by atoms with E-state index in [1.807, 2.05) is 0 Å². The van der Waals surface area contributed by atoms with E-state index in [0.717, 1.165) is 25.2 Å². The minimum atomic E-state index is -0.713. The summed E-state index contributed by atoms with van der Waals surface area (Å²) < 4.78 is 16.7. The first-order valence-electron chi connectivity index (χ1n) is 5.59. The Bertz CT molecular complexity index is 231. The normalized spacial score (nSPS) is 29.7. The summed E-state index contributed by atoms with van der Waals surface area (Å²) in [6, 6.07) is 0.835. The highest BCUT2D eigenvalue weighted by atomic mass is 32.2. The van der Waals surface area contributed by atoms with Crippen LogP contribution in [-0.2, 0) is 15.5 Å². The molecule has 0 bridgehead atoms. The molecule has 1 rings (SSSR count). The number of hydrogen-bond acceptors (Lipinski definition) is 3. The minimum absolute atomic E-state index is 0.0129. The van der Waals surface area contributed by atoms with E-state index in [4.69, 9.17) is 4.74 Å². The highest BCUT2D eigenvalue weighted by Crippen LogP contribution is 2.24. The maximum atomic E-state index is 11.1. The highest BCUT2D eigenvalue weighted by molar-refractivity contribution is 7.84. The number of nitrogens with one attached hydrogen (secondary N) is 1. The summed E-state index contributed by atoms with van der Waals surface area (Å²) in [4.78, 5) is 0. The van der Waals surface area contributed by atoms with Gasteiger partial charge in [0.2, 0.25) is 0 Å². The van der Waals surface area contributed by atoms with Crippen LogP contribution in [0.1, 0.15) is 33.6 Å². The van der Waals surface area contributed by atoms with Crippen molar-refractivity contribution in [3.05, 3.63) is 0 Å². The first-order chi connectivity index (χ1) is 6.89. The van der Waals surface area contributed by atoms with Crippen LogP contribution in [0, 0.1) is 0 Å². The summed E-state index contributed by atoms with van der Waals surface area (Å²) in [7, 11) is -0.713. The molecule has 0 saturated carbocycles. The summed E-state index contributed by atoms with van der Waals surface area (Å²) in [6.07, 6.45) is 3.85. The third-order valence-electron chi connectivity index (χ3n) is 2.70. The van der Waals surface area contributed by atoms with Gasteiger partial charge in [0.15, 0.2) is 0 Å². The van der Waals surface area contributed by atoms with Gasteiger partial charge >= 0.3 is 0 Å². The van der Waals surface area contributed by atoms with Crippen LogP contribution in [0.5, 0.6) is 0 Å². The second kappa shape index (κ2) is 5.41. The molecule has 0 amide bonds. The van der Waals surface area contributed by atoms with E-state index in [-0.39, 0.29) is 5.60 Å². The predicted molar refractivity (Wildman–Crippen MR) is 64.6 cm³/mol. The molecule has 0 spiro atoms. The molecule has 1 aliphatic rings. The van der Waals surface area contributed by atoms with Gasteiger partial charge < -0.3 is 10.1 Å². The van der Waals surface area contributed by atoms with E-state index in [2.05, 4.69) is 26.1 Å². The second-order valence-corrected chi connectivity index (χ2v) is 6.59. The van der Waals surface area contributed by atoms with Gasteiger partial charge in [-0.1, -0.05) is 0 Å². The smallest absolute Gasteiger partial charge is 0.0641 e. The zero-order valence-corrected chi connectivity index (χ0v) is 11.0. The SMILES string of the molecule is CC(CS(C)=O)NC1CCOC(C)(C)C1. The van der Waals surface area contributed by atoms with Gasteiger partial charge in [-0.25, -0.2) is 0 Å². The van der Waals surface area contributed by atoms with Crippen LogP contribution in [0.25, 0.3) is 0 Å². The molecular weight excluding hydrogens is 210 g/mol. The average molecular weight is 233 g/mol. The van der Waals surface area contributed by atoms with E-state index in [1.165, 1.54) is 0 Å². The molecule has 0 aliphatic carbocycles. The van der Waals surface area contributed by atoms with Crippen LogP contribution in [0.4, 0.5) is 0 Å². The van der Waals surface area contributed by atoms with Gasteiger partial charge in [0.25, 0.3) is 0 Å². The number of hydrogen-bond donors (Lipinski definition) is 1. The molecular formula is C11H23NO2S. The van der Waals surface area contributed by atoms with Crippen molar-refractivity contribution in [1.82, 2.24) is 5.32 Å². The Hall–Kier alpha value is 0.0700. The van der Waals surface area contributed by atoms with Crippen molar-refractivity contribution in [1.29, 1.82) is 0 Å². The van der Waals surface area contributed by atoms with Crippen molar-refractivity contribution >= 4 is 10.8 Å². The van der Waals surface area contributed by atoms with Crippen LogP contribution >= 0.6 is 0 Å². The number of rotatable bonds is 4. The monoisotopic (exact) mass is 233 g/mol. The Balaban J connectivity index is 2.34. The van der Waals surface area contributed by atoms with Crippen LogP contribution < -0.4 is 5.32 Å². The van der Waals surface area contributed by atoms with Gasteiger partial charge in [0.05, 0.1) is 5.60 Å². The third-order valence-corrected chi connectivity index (χ3v) is 3.67. The quantitative estimate of drug-likeness (QED) is 0.795. The van der Waals surface area contributed by atoms with E-state index in [9.17, 15) is 4.21 Å². The maximum absolute atomic E-state index is 11.1. The topological polar surface area (TPSA) is 38.3 Å². The summed E-state index contributed by atoms with van der Waals surface area (Å²) >= 11 is 0. The summed E-state index contributed by atoms with van der Waals surface area (Å²) in [5.41, 5.74) is -0.0129. The molecule has 90 valence electrons. The first-order valence-corrected chi connectivity index (χ1v) is 7.32. The molecule has 1 heterocycles. The van der Waals surface area contributed by atoms with Crippen LogP contribution in [0.3, 0.4) is 0 Å². The fourth-order valence-electron chi connectivity index (χ4n) is 2.18. The Morgan fingerprint density at radius 2 is 2.27 bits per heavy atom. The Morgan fingerprint density at radius 3 is 2.80 bits per heavy atom. The van der Waals surface area contributed by atoms with Crippen LogP contribution in [0.15, 0.2) is 0 Å². The predicted octanol–water partition coefficient (Wildman–Crippen LogP) is 1.30. The standard InChI is InChI=1S/C11H23NO2S/c1-9(8-15(4)13)12-10-5-6-14-11(2,3)7-10/h9-10,12H,5-8H2,1-4H3. The first kappa shape index (κ1) is 13.1. The van der Waals surface area contributed by atoms with Crippen molar-refractivity contribution in [3.8, 4) is 0 Å². The summed E-state index contributed by atoms with van der Waals surface area (Å²) in [5.74, 6) is 0.734. The van der Waals surface area contributed by atoms with Gasteiger partial charge in [-0.05, 0) is 33.6 Å². The molecule has 0 aromatic rings. The van der Waals surface area contributed by atoms with Gasteiger partial charge in [-0.3, -0.25) is 4.21 Å². The van der Waals surface area contributed by atoms with Gasteiger partial charge in [-0.15, -0.1) is 0 Å². The van der Waals surface area contributed by atoms with E-state index in [1.54, 1.807) is 6.26 Å². The van der Waals surface area contributed by atoms with Crippen molar-refractivity contribution in [3.63, 3.8) is 0 Å². The van der Waals surface area contributed by atoms with E-state index in [0.29, 0.717) is 12.1 Å². The highest BCUT2D eigenvalue weighted by Gasteiger charge is 2.29. The van der Waals surface area contributed by atoms with Crippen molar-refractivity contribution in [2.24, 2.45) is 0 Å². The molecule has 1 N–H and O–H groups in total. The zero-order chi connectivity index (χ0) is 11.5. The Labute approximate surface area is 95.4 Å². The maximum Gasteiger partial charge on any atom is 0.0641 e. The fourth-order valence-corrected chi connectivity index (χ4v) is 2.98. The lowest BCUT2D eigenvalue weighted by Gasteiger charge is -2.37. The molecule has 1 fully saturated rings. The van der Waals surface area contributed by atoms with Crippen molar-refractivity contribution < 1.29 is 8.95 Å². The molecule has 1 aliphatic heterocycles. The van der Waals surface area contributed by atoms with Gasteiger partial charge in [-0.2, -0.15) is 0 Å². The molecule has 3 unspecified atom stereocenters. The lowest BCUT2D eigenvalue weighted by molar-refractivity contribution is -0.0636. The third kappa shape index (κ3) is 5.09. The number of ether oxygens (including phenoxy) is 1. The molecule has 1 saturated heterocycles. The summed E-state index contributed by atoms with van der Waals surface area (Å²) in [5, 5.41) is 3.53. The second-order valence-electron chi connectivity index (χ2n) is 5.11. The van der Waals surface area contributed by atoms with Crippen LogP contribution in [0.2, 0.25) is 0 Å². The largest absolute Gasteiger partial charge is 0.375 e. The molecule has 0 aromatic carbocycles. The zero-order valence-electron chi connectivity index (χ0n) is 10.2. The molecule has 15 heavy (non-hydrogen) atoms. The van der Waals surface area contributed by atoms with Gasteiger partial charge in [0.1, 0.15) is 0 Å². The van der Waals surface area contributed by atoms with E-state index >= 15 is 0 Å². The molecule has 0 aromatic heterocycles. The molecule has 4 heteroatoms. The lowest BCUT2D eigenvalue weighted by atomic mass is 9.93. The molecule has 3 nitrogen and oxygen atoms in total. The summed E-state index contributed by atoms with van der Waals surface area (Å²) in [6.45, 7) is 7.18. The fraction of sp³-hybridized carbons (Fsp3) is 1.00. The Morgan fingerprint density at radius 1 is 1.60 bits per heavy atom. The molecule has 3 atom stereocenters. The molecule has 0 radical (unpaired) electrons. The van der Waals surface area contributed by atoms with Crippen LogP contribution in [-0.4, -0.2) is 40.5 Å². The minimum Gasteiger partial charge on any atom is -0.375 e. The Kier molecular flexibility index (Phi) is 4.74.